The summed E-state index contributed by atoms with van der Waals surface area (Å²) in [5.74, 6) is 1.71. The van der Waals surface area contributed by atoms with Gasteiger partial charge in [-0.15, -0.1) is 0 Å². The first kappa shape index (κ1) is 20.8. The Hall–Kier alpha value is -3.51. The van der Waals surface area contributed by atoms with Crippen molar-refractivity contribution in [3.63, 3.8) is 0 Å². The molecule has 31 heavy (non-hydrogen) atoms. The molecule has 160 valence electrons. The molecule has 0 amide bonds. The van der Waals surface area contributed by atoms with Crippen LogP contribution in [0.4, 0.5) is 0 Å². The van der Waals surface area contributed by atoms with Crippen LogP contribution in [0.15, 0.2) is 71.5 Å². The summed E-state index contributed by atoms with van der Waals surface area (Å²) in [6.07, 6.45) is 0. The third-order valence-electron chi connectivity index (χ3n) is 5.50. The zero-order chi connectivity index (χ0) is 21.8. The largest absolute Gasteiger partial charge is 0.496 e. The van der Waals surface area contributed by atoms with E-state index in [0.717, 1.165) is 46.7 Å². The Kier molecular flexibility index (Phi) is 6.09. The molecule has 1 aromatic heterocycles. The van der Waals surface area contributed by atoms with Crippen LogP contribution in [0.25, 0.3) is 11.0 Å². The number of rotatable bonds is 8. The molecule has 0 unspecified atom stereocenters. The van der Waals surface area contributed by atoms with Gasteiger partial charge in [0, 0.05) is 32.7 Å². The fraction of sp³-hybridized carbons (Fsp3) is 0.240. The Morgan fingerprint density at radius 3 is 2.32 bits per heavy atom. The number of ether oxygens (including phenoxy) is 2. The van der Waals surface area contributed by atoms with Crippen LogP contribution >= 0.6 is 0 Å². The van der Waals surface area contributed by atoms with E-state index in [4.69, 9.17) is 9.47 Å². The maximum atomic E-state index is 12.1. The van der Waals surface area contributed by atoms with Gasteiger partial charge in [0.05, 0.1) is 18.1 Å². The van der Waals surface area contributed by atoms with Crippen molar-refractivity contribution in [1.82, 2.24) is 14.5 Å². The number of methoxy groups -OCH3 is 1. The molecule has 4 rings (SSSR count). The highest BCUT2D eigenvalue weighted by molar-refractivity contribution is 5.76. The molecule has 0 radical (unpaired) electrons. The van der Waals surface area contributed by atoms with E-state index in [-0.39, 0.29) is 5.69 Å². The van der Waals surface area contributed by atoms with Crippen LogP contribution < -0.4 is 20.5 Å². The van der Waals surface area contributed by atoms with E-state index in [1.54, 1.807) is 30.3 Å². The van der Waals surface area contributed by atoms with Crippen LogP contribution in [0.5, 0.6) is 11.5 Å². The van der Waals surface area contributed by atoms with Gasteiger partial charge in [-0.25, -0.2) is 4.79 Å². The zero-order valence-electron chi connectivity index (χ0n) is 18.1. The molecular formula is C25H27N3O3. The molecule has 0 aliphatic carbocycles. The van der Waals surface area contributed by atoms with Crippen LogP contribution in [-0.2, 0) is 33.8 Å². The van der Waals surface area contributed by atoms with Gasteiger partial charge in [-0.05, 0) is 41.5 Å². The lowest BCUT2D eigenvalue weighted by Gasteiger charge is -2.10. The van der Waals surface area contributed by atoms with Crippen molar-refractivity contribution in [3.05, 3.63) is 93.9 Å². The van der Waals surface area contributed by atoms with Crippen LogP contribution in [0.2, 0.25) is 0 Å². The van der Waals surface area contributed by atoms with Gasteiger partial charge in [0.25, 0.3) is 0 Å². The second kappa shape index (κ2) is 9.10. The Balaban J connectivity index is 1.33. The van der Waals surface area contributed by atoms with Crippen LogP contribution in [0, 0.1) is 0 Å². The molecule has 1 N–H and O–H groups in total. The summed E-state index contributed by atoms with van der Waals surface area (Å²) in [5, 5.41) is 3.45. The molecule has 4 aromatic rings. The number of aromatic nitrogens is 2. The molecule has 0 saturated heterocycles. The van der Waals surface area contributed by atoms with E-state index >= 15 is 0 Å². The number of imidazole rings is 1. The second-order valence-corrected chi connectivity index (χ2v) is 7.57. The Bertz CT molecular complexity index is 1240. The number of benzene rings is 3. The van der Waals surface area contributed by atoms with Crippen molar-refractivity contribution in [2.75, 3.05) is 7.11 Å². The van der Waals surface area contributed by atoms with Crippen molar-refractivity contribution in [2.45, 2.75) is 19.7 Å². The first-order valence-corrected chi connectivity index (χ1v) is 10.3. The van der Waals surface area contributed by atoms with Gasteiger partial charge < -0.3 is 14.8 Å². The smallest absolute Gasteiger partial charge is 0.328 e. The molecule has 3 aromatic carbocycles. The van der Waals surface area contributed by atoms with E-state index in [9.17, 15) is 4.79 Å². The summed E-state index contributed by atoms with van der Waals surface area (Å²) < 4.78 is 14.6. The Morgan fingerprint density at radius 2 is 1.55 bits per heavy atom. The zero-order valence-corrected chi connectivity index (χ0v) is 18.1. The molecular weight excluding hydrogens is 390 g/mol. The van der Waals surface area contributed by atoms with Crippen LogP contribution in [0.3, 0.4) is 0 Å². The van der Waals surface area contributed by atoms with E-state index < -0.39 is 0 Å². The normalized spacial score (nSPS) is 11.1. The maximum absolute atomic E-state index is 12.1. The number of nitrogens with zero attached hydrogens (tertiary/aromatic N) is 2. The Labute approximate surface area is 181 Å². The van der Waals surface area contributed by atoms with E-state index in [0.29, 0.717) is 6.61 Å². The monoisotopic (exact) mass is 417 g/mol. The average molecular weight is 418 g/mol. The van der Waals surface area contributed by atoms with Gasteiger partial charge >= 0.3 is 5.69 Å². The summed E-state index contributed by atoms with van der Waals surface area (Å²) in [7, 11) is 5.26. The molecule has 0 spiro atoms. The highest BCUT2D eigenvalue weighted by atomic mass is 16.5. The number of fused-ring (bicyclic) bond motifs is 1. The van der Waals surface area contributed by atoms with Crippen molar-refractivity contribution < 1.29 is 9.47 Å². The third kappa shape index (κ3) is 4.49. The lowest BCUT2D eigenvalue weighted by atomic mass is 10.2. The SMILES string of the molecule is COc1ccccc1CNCc1ccc(OCc2ccc3c(c2)n(C)c(=O)n3C)cc1. The summed E-state index contributed by atoms with van der Waals surface area (Å²) >= 11 is 0. The summed E-state index contributed by atoms with van der Waals surface area (Å²) in [6, 6.07) is 22.1. The summed E-state index contributed by atoms with van der Waals surface area (Å²) in [6.45, 7) is 1.95. The minimum absolute atomic E-state index is 0.0250. The van der Waals surface area contributed by atoms with Gasteiger partial charge in [-0.3, -0.25) is 9.13 Å². The number of hydrogen-bond acceptors (Lipinski definition) is 4. The molecule has 0 bridgehead atoms. The van der Waals surface area contributed by atoms with Crippen molar-refractivity contribution in [1.29, 1.82) is 0 Å². The van der Waals surface area contributed by atoms with Crippen molar-refractivity contribution >= 4 is 11.0 Å². The fourth-order valence-corrected chi connectivity index (χ4v) is 3.70. The minimum atomic E-state index is -0.0250. The van der Waals surface area contributed by atoms with Crippen molar-refractivity contribution in [2.24, 2.45) is 14.1 Å². The standard InChI is InChI=1S/C25H27N3O3/c1-27-22-13-10-19(14-23(22)28(2)25(27)29)17-31-21-11-8-18(9-12-21)15-26-16-20-6-4-5-7-24(20)30-3/h4-14,26H,15-17H2,1-3H3. The third-order valence-corrected chi connectivity index (χ3v) is 5.50. The average Bonchev–Trinajstić information content (AvgIpc) is 3.02. The molecule has 0 aliphatic heterocycles. The summed E-state index contributed by atoms with van der Waals surface area (Å²) in [4.78, 5) is 12.1. The molecule has 0 aliphatic rings. The quantitative estimate of drug-likeness (QED) is 0.474. The maximum Gasteiger partial charge on any atom is 0.328 e. The fourth-order valence-electron chi connectivity index (χ4n) is 3.70. The first-order valence-electron chi connectivity index (χ1n) is 10.3. The molecule has 0 fully saturated rings. The predicted molar refractivity (Wildman–Crippen MR) is 122 cm³/mol. The number of hydrogen-bond donors (Lipinski definition) is 1. The second-order valence-electron chi connectivity index (χ2n) is 7.57. The van der Waals surface area contributed by atoms with E-state index in [2.05, 4.69) is 23.5 Å². The van der Waals surface area contributed by atoms with Crippen molar-refractivity contribution in [3.8, 4) is 11.5 Å². The first-order chi connectivity index (χ1) is 15.1. The van der Waals surface area contributed by atoms with Gasteiger partial charge in [0.15, 0.2) is 0 Å². The molecule has 6 nitrogen and oxygen atoms in total. The number of para-hydroxylation sites is 1. The summed E-state index contributed by atoms with van der Waals surface area (Å²) in [5.41, 5.74) is 5.14. The number of nitrogens with one attached hydrogen (secondary N) is 1. The number of aryl methyl sites for hydroxylation is 2. The van der Waals surface area contributed by atoms with Gasteiger partial charge in [-0.1, -0.05) is 36.4 Å². The minimum Gasteiger partial charge on any atom is -0.496 e. The van der Waals surface area contributed by atoms with Gasteiger partial charge in [-0.2, -0.15) is 0 Å². The van der Waals surface area contributed by atoms with E-state index in [1.165, 1.54) is 5.56 Å². The molecule has 6 heteroatoms. The van der Waals surface area contributed by atoms with Gasteiger partial charge in [0.2, 0.25) is 0 Å². The molecule has 0 atom stereocenters. The molecule has 1 heterocycles. The Morgan fingerprint density at radius 1 is 0.839 bits per heavy atom. The van der Waals surface area contributed by atoms with E-state index in [1.807, 2.05) is 48.5 Å². The lowest BCUT2D eigenvalue weighted by Crippen LogP contribution is -2.19. The predicted octanol–water partition coefficient (Wildman–Crippen LogP) is 3.75. The van der Waals surface area contributed by atoms with Crippen LogP contribution in [0.1, 0.15) is 16.7 Å². The topological polar surface area (TPSA) is 57.4 Å². The lowest BCUT2D eigenvalue weighted by molar-refractivity contribution is 0.306. The molecule has 0 saturated carbocycles. The van der Waals surface area contributed by atoms with Gasteiger partial charge in [0.1, 0.15) is 18.1 Å². The highest BCUT2D eigenvalue weighted by Gasteiger charge is 2.08. The van der Waals surface area contributed by atoms with Crippen LogP contribution in [-0.4, -0.2) is 16.2 Å². The highest BCUT2D eigenvalue weighted by Crippen LogP contribution is 2.19.